The van der Waals surface area contributed by atoms with E-state index in [-0.39, 0.29) is 17.2 Å². The van der Waals surface area contributed by atoms with Crippen molar-refractivity contribution >= 4 is 0 Å². The van der Waals surface area contributed by atoms with Crippen LogP contribution in [0.1, 0.15) is 45.2 Å². The molecule has 0 fully saturated rings. The van der Waals surface area contributed by atoms with Gasteiger partial charge in [-0.25, -0.2) is 0 Å². The number of hydrogen-bond acceptors (Lipinski definition) is 4. The number of nitrogens with two attached hydrogens (primary N) is 1. The van der Waals surface area contributed by atoms with Crippen molar-refractivity contribution in [3.8, 4) is 11.5 Å². The topological polar surface area (TPSA) is 53.7 Å². The van der Waals surface area contributed by atoms with Crippen LogP contribution in [0, 0.1) is 0 Å². The predicted molar refractivity (Wildman–Crippen MR) is 79.3 cm³/mol. The number of rotatable bonds is 4. The third-order valence-electron chi connectivity index (χ3n) is 3.98. The molecule has 1 aromatic rings. The van der Waals surface area contributed by atoms with Crippen molar-refractivity contribution < 1.29 is 14.2 Å². The average Bonchev–Trinajstić information content (AvgIpc) is 2.37. The van der Waals surface area contributed by atoms with Crippen molar-refractivity contribution in [1.29, 1.82) is 0 Å². The zero-order valence-corrected chi connectivity index (χ0v) is 13.0. The summed E-state index contributed by atoms with van der Waals surface area (Å²) in [6.07, 6.45) is 1.55. The Morgan fingerprint density at radius 1 is 1.40 bits per heavy atom. The molecule has 0 spiro atoms. The molecule has 2 rings (SSSR count). The molecule has 0 saturated heterocycles. The molecule has 0 radical (unpaired) electrons. The van der Waals surface area contributed by atoms with Gasteiger partial charge in [-0.3, -0.25) is 0 Å². The van der Waals surface area contributed by atoms with Crippen LogP contribution >= 0.6 is 0 Å². The van der Waals surface area contributed by atoms with Crippen LogP contribution in [-0.2, 0) is 4.74 Å². The lowest BCUT2D eigenvalue weighted by atomic mass is 9.82. The summed E-state index contributed by atoms with van der Waals surface area (Å²) in [5.41, 5.74) is 6.78. The summed E-state index contributed by atoms with van der Waals surface area (Å²) < 4.78 is 17.0. The van der Waals surface area contributed by atoms with Gasteiger partial charge >= 0.3 is 0 Å². The second-order valence-corrected chi connectivity index (χ2v) is 6.41. The molecule has 20 heavy (non-hydrogen) atoms. The van der Waals surface area contributed by atoms with Crippen LogP contribution in [0.25, 0.3) is 0 Å². The Morgan fingerprint density at radius 3 is 2.70 bits per heavy atom. The molecule has 1 aliphatic heterocycles. The van der Waals surface area contributed by atoms with Gasteiger partial charge in [-0.1, -0.05) is 0 Å². The van der Waals surface area contributed by atoms with Crippen LogP contribution in [0.2, 0.25) is 0 Å². The normalized spacial score (nSPS) is 25.8. The highest BCUT2D eigenvalue weighted by molar-refractivity contribution is 5.44. The summed E-state index contributed by atoms with van der Waals surface area (Å²) in [6.45, 7) is 6.23. The molecule has 0 bridgehead atoms. The minimum Gasteiger partial charge on any atom is -0.497 e. The fraction of sp³-hybridized carbons (Fsp3) is 0.625. The minimum atomic E-state index is -0.319. The van der Waals surface area contributed by atoms with Crippen molar-refractivity contribution in [3.05, 3.63) is 23.8 Å². The number of ether oxygens (including phenoxy) is 3. The van der Waals surface area contributed by atoms with Crippen molar-refractivity contribution in [1.82, 2.24) is 0 Å². The third-order valence-corrected chi connectivity index (χ3v) is 3.98. The average molecular weight is 279 g/mol. The maximum Gasteiger partial charge on any atom is 0.125 e. The molecule has 0 amide bonds. The largest absolute Gasteiger partial charge is 0.497 e. The standard InChI is InChI=1S/C16H25NO3/c1-15(2,19-5)10-16(3)9-13(17)12-8-11(18-4)6-7-14(12)20-16/h6-8,13H,9-10,17H2,1-5H3/t13-,16?/m0/s1. The molecule has 0 aromatic heterocycles. The van der Waals surface area contributed by atoms with Gasteiger partial charge in [0, 0.05) is 31.6 Å². The summed E-state index contributed by atoms with van der Waals surface area (Å²) in [7, 11) is 3.38. The second kappa shape index (κ2) is 5.26. The Hall–Kier alpha value is -1.26. The number of fused-ring (bicyclic) bond motifs is 1. The SMILES string of the molecule is COc1ccc2c(c1)[C@@H](N)CC(C)(CC(C)(C)OC)O2. The fourth-order valence-electron chi connectivity index (χ4n) is 3.00. The minimum absolute atomic E-state index is 0.0495. The molecule has 0 aliphatic carbocycles. The number of benzene rings is 1. The molecular formula is C16H25NO3. The van der Waals surface area contributed by atoms with Gasteiger partial charge in [0.15, 0.2) is 0 Å². The van der Waals surface area contributed by atoms with E-state index in [9.17, 15) is 0 Å². The van der Waals surface area contributed by atoms with Crippen molar-refractivity contribution in [2.45, 2.75) is 50.9 Å². The molecule has 4 heteroatoms. The van der Waals surface area contributed by atoms with Crippen LogP contribution in [0.15, 0.2) is 18.2 Å². The molecule has 112 valence electrons. The van der Waals surface area contributed by atoms with Gasteiger partial charge in [-0.05, 0) is 39.0 Å². The summed E-state index contributed by atoms with van der Waals surface area (Å²) in [5, 5.41) is 0. The number of methoxy groups -OCH3 is 2. The van der Waals surface area contributed by atoms with Crippen LogP contribution in [-0.4, -0.2) is 25.4 Å². The zero-order chi connectivity index (χ0) is 15.0. The van der Waals surface area contributed by atoms with Crippen LogP contribution in [0.4, 0.5) is 0 Å². The van der Waals surface area contributed by atoms with E-state index in [1.807, 2.05) is 18.2 Å². The van der Waals surface area contributed by atoms with Crippen LogP contribution in [0.5, 0.6) is 11.5 Å². The lowest BCUT2D eigenvalue weighted by Crippen LogP contribution is -2.45. The molecule has 2 N–H and O–H groups in total. The molecule has 1 aromatic carbocycles. The zero-order valence-electron chi connectivity index (χ0n) is 13.0. The highest BCUT2D eigenvalue weighted by Gasteiger charge is 2.40. The van der Waals surface area contributed by atoms with E-state index in [2.05, 4.69) is 20.8 Å². The van der Waals surface area contributed by atoms with E-state index in [4.69, 9.17) is 19.9 Å². The molecule has 0 saturated carbocycles. The quantitative estimate of drug-likeness (QED) is 0.920. The Morgan fingerprint density at radius 2 is 2.10 bits per heavy atom. The Bertz CT molecular complexity index is 487. The maximum absolute atomic E-state index is 6.33. The first-order valence-electron chi connectivity index (χ1n) is 6.96. The van der Waals surface area contributed by atoms with Gasteiger partial charge in [-0.2, -0.15) is 0 Å². The first-order chi connectivity index (χ1) is 9.28. The van der Waals surface area contributed by atoms with E-state index >= 15 is 0 Å². The first kappa shape index (κ1) is 15.1. The predicted octanol–water partition coefficient (Wildman–Crippen LogP) is 3.05. The monoisotopic (exact) mass is 279 g/mol. The molecule has 1 heterocycles. The van der Waals surface area contributed by atoms with E-state index in [1.165, 1.54) is 0 Å². The van der Waals surface area contributed by atoms with Gasteiger partial charge in [-0.15, -0.1) is 0 Å². The highest BCUT2D eigenvalue weighted by Crippen LogP contribution is 2.43. The van der Waals surface area contributed by atoms with Gasteiger partial charge in [0.2, 0.25) is 0 Å². The summed E-state index contributed by atoms with van der Waals surface area (Å²) in [4.78, 5) is 0. The van der Waals surface area contributed by atoms with Gasteiger partial charge < -0.3 is 19.9 Å². The third kappa shape index (κ3) is 3.07. The van der Waals surface area contributed by atoms with Crippen molar-refractivity contribution in [3.63, 3.8) is 0 Å². The van der Waals surface area contributed by atoms with Gasteiger partial charge in [0.05, 0.1) is 12.7 Å². The van der Waals surface area contributed by atoms with Crippen molar-refractivity contribution in [2.24, 2.45) is 5.73 Å². The summed E-state index contributed by atoms with van der Waals surface area (Å²) >= 11 is 0. The van der Waals surface area contributed by atoms with Crippen molar-refractivity contribution in [2.75, 3.05) is 14.2 Å². The first-order valence-corrected chi connectivity index (χ1v) is 6.96. The maximum atomic E-state index is 6.33. The fourth-order valence-corrected chi connectivity index (χ4v) is 3.00. The van der Waals surface area contributed by atoms with E-state index in [1.54, 1.807) is 14.2 Å². The lowest BCUT2D eigenvalue weighted by Gasteiger charge is -2.42. The van der Waals surface area contributed by atoms with Crippen LogP contribution in [0.3, 0.4) is 0 Å². The molecule has 1 aliphatic rings. The van der Waals surface area contributed by atoms with Gasteiger partial charge in [0.25, 0.3) is 0 Å². The van der Waals surface area contributed by atoms with Gasteiger partial charge in [0.1, 0.15) is 17.1 Å². The Labute approximate surface area is 121 Å². The van der Waals surface area contributed by atoms with E-state index in [0.717, 1.165) is 29.9 Å². The molecular weight excluding hydrogens is 254 g/mol. The highest BCUT2D eigenvalue weighted by atomic mass is 16.5. The number of hydrogen-bond donors (Lipinski definition) is 1. The van der Waals surface area contributed by atoms with E-state index in [0.29, 0.717) is 0 Å². The molecule has 1 unspecified atom stereocenters. The van der Waals surface area contributed by atoms with E-state index < -0.39 is 0 Å². The summed E-state index contributed by atoms with van der Waals surface area (Å²) in [5.74, 6) is 1.66. The lowest BCUT2D eigenvalue weighted by molar-refractivity contribution is -0.0580. The molecule has 4 nitrogen and oxygen atoms in total. The van der Waals surface area contributed by atoms with Crippen LogP contribution < -0.4 is 15.2 Å². The Balaban J connectivity index is 2.27. The summed E-state index contributed by atoms with van der Waals surface area (Å²) in [6, 6.07) is 5.75. The second-order valence-electron chi connectivity index (χ2n) is 6.41. The Kier molecular flexibility index (Phi) is 3.98. The smallest absolute Gasteiger partial charge is 0.125 e. The molecule has 2 atom stereocenters.